The van der Waals surface area contributed by atoms with Crippen LogP contribution < -0.4 is 0 Å². The van der Waals surface area contributed by atoms with E-state index in [1.807, 2.05) is 0 Å². The lowest BCUT2D eigenvalue weighted by Crippen LogP contribution is -1.79. The number of unbranched alkanes of at least 4 members (excludes halogenated alkanes) is 8. The second-order valence-corrected chi connectivity index (χ2v) is 4.93. The van der Waals surface area contributed by atoms with Gasteiger partial charge in [0.1, 0.15) is 0 Å². The zero-order valence-corrected chi connectivity index (χ0v) is 12.5. The van der Waals surface area contributed by atoms with Gasteiger partial charge in [-0.15, -0.1) is 11.8 Å². The van der Waals surface area contributed by atoms with Gasteiger partial charge in [0.2, 0.25) is 0 Å². The van der Waals surface area contributed by atoms with Gasteiger partial charge in [0.25, 0.3) is 0 Å². The highest BCUT2D eigenvalue weighted by Gasteiger charge is 1.89. The second kappa shape index (κ2) is 16.6. The third kappa shape index (κ3) is 15.6. The van der Waals surface area contributed by atoms with E-state index in [-0.39, 0.29) is 0 Å². The highest BCUT2D eigenvalue weighted by molar-refractivity contribution is 4.98. The van der Waals surface area contributed by atoms with Crippen LogP contribution in [0.5, 0.6) is 0 Å². The van der Waals surface area contributed by atoms with Crippen molar-refractivity contribution in [2.75, 3.05) is 0 Å². The minimum atomic E-state index is -1.55. The Morgan fingerprint density at radius 2 is 0.889 bits per heavy atom. The SMILES string of the molecule is [2H]C([2H])(C#CC([2H])([2H])CCCCCCC)CCCCCCC. The molecule has 106 valence electrons. The first-order valence-electron chi connectivity index (χ1n) is 9.87. The second-order valence-electron chi connectivity index (χ2n) is 4.93. The summed E-state index contributed by atoms with van der Waals surface area (Å²) in [6.07, 6.45) is 8.55. The van der Waals surface area contributed by atoms with Crippen LogP contribution in [0.4, 0.5) is 0 Å². The molecule has 0 bridgehead atoms. The molecule has 0 atom stereocenters. The fraction of sp³-hybridized carbons (Fsp3) is 0.889. The normalized spacial score (nSPS) is 15.0. The fourth-order valence-corrected chi connectivity index (χ4v) is 1.85. The molecule has 0 unspecified atom stereocenters. The molecule has 0 aromatic heterocycles. The zero-order chi connectivity index (χ0) is 16.9. The monoisotopic (exact) mass is 254 g/mol. The van der Waals surface area contributed by atoms with E-state index >= 15 is 0 Å². The quantitative estimate of drug-likeness (QED) is 0.276. The van der Waals surface area contributed by atoms with E-state index in [4.69, 9.17) is 5.48 Å². The molecule has 0 aliphatic carbocycles. The van der Waals surface area contributed by atoms with Gasteiger partial charge in [-0.2, -0.15) is 0 Å². The summed E-state index contributed by atoms with van der Waals surface area (Å²) in [5.74, 6) is 5.10. The van der Waals surface area contributed by atoms with E-state index in [0.29, 0.717) is 12.8 Å². The molecule has 0 radical (unpaired) electrons. The maximum absolute atomic E-state index is 7.88. The summed E-state index contributed by atoms with van der Waals surface area (Å²) in [5.41, 5.74) is 0. The fourth-order valence-electron chi connectivity index (χ4n) is 1.85. The molecule has 0 fully saturated rings. The van der Waals surface area contributed by atoms with Gasteiger partial charge in [-0.25, -0.2) is 0 Å². The molecule has 0 saturated carbocycles. The topological polar surface area (TPSA) is 0 Å². The van der Waals surface area contributed by atoms with Crippen LogP contribution in [0, 0.1) is 11.8 Å². The van der Waals surface area contributed by atoms with Crippen molar-refractivity contribution in [2.24, 2.45) is 0 Å². The van der Waals surface area contributed by atoms with Crippen LogP contribution in [0.15, 0.2) is 0 Å². The largest absolute Gasteiger partial charge is 0.103 e. The Kier molecular flexibility index (Phi) is 10.5. The van der Waals surface area contributed by atoms with E-state index in [1.54, 1.807) is 0 Å². The minimum Gasteiger partial charge on any atom is -0.103 e. The summed E-state index contributed by atoms with van der Waals surface area (Å²) < 4.78 is 31.5. The van der Waals surface area contributed by atoms with Crippen molar-refractivity contribution in [1.82, 2.24) is 0 Å². The first kappa shape index (κ1) is 11.4. The lowest BCUT2D eigenvalue weighted by Gasteiger charge is -1.97. The van der Waals surface area contributed by atoms with Gasteiger partial charge >= 0.3 is 0 Å². The third-order valence-electron chi connectivity index (χ3n) is 3.05. The molecule has 0 heteroatoms. The van der Waals surface area contributed by atoms with Gasteiger partial charge in [0.15, 0.2) is 0 Å². The van der Waals surface area contributed by atoms with Gasteiger partial charge in [-0.1, -0.05) is 78.1 Å². The first-order chi connectivity index (χ1) is 10.3. The Hall–Kier alpha value is -0.440. The molecule has 18 heavy (non-hydrogen) atoms. The van der Waals surface area contributed by atoms with Crippen LogP contribution in [0.1, 0.15) is 109 Å². The van der Waals surface area contributed by atoms with Crippen molar-refractivity contribution in [1.29, 1.82) is 0 Å². The molecule has 0 nitrogen and oxygen atoms in total. The molecule has 0 saturated heterocycles. The van der Waals surface area contributed by atoms with Crippen LogP contribution in [0.2, 0.25) is 0 Å². The standard InChI is InChI=1S/C18H34/c1-3-5-7-9-11-13-15-17-18-16-14-12-10-8-6-4-2/h3-16H2,1-2H3/i15D2,16D2. The van der Waals surface area contributed by atoms with Gasteiger partial charge < -0.3 is 0 Å². The molecule has 0 amide bonds. The third-order valence-corrected chi connectivity index (χ3v) is 3.05. The van der Waals surface area contributed by atoms with Crippen molar-refractivity contribution in [3.8, 4) is 11.8 Å². The zero-order valence-electron chi connectivity index (χ0n) is 16.5. The van der Waals surface area contributed by atoms with E-state index < -0.39 is 12.7 Å². The Balaban J connectivity index is 4.07. The molecule has 0 rings (SSSR count). The van der Waals surface area contributed by atoms with Gasteiger partial charge in [-0.05, 0) is 12.8 Å². The molecule has 0 spiro atoms. The molecule has 0 aliphatic rings. The van der Waals surface area contributed by atoms with Crippen LogP contribution >= 0.6 is 0 Å². The van der Waals surface area contributed by atoms with E-state index in [9.17, 15) is 0 Å². The molecular weight excluding hydrogens is 216 g/mol. The minimum absolute atomic E-state index is 0.413. The van der Waals surface area contributed by atoms with Crippen molar-refractivity contribution >= 4 is 0 Å². The molecule has 0 heterocycles. The van der Waals surface area contributed by atoms with E-state index in [0.717, 1.165) is 38.5 Å². The molecule has 0 N–H and O–H groups in total. The first-order valence-corrected chi connectivity index (χ1v) is 7.87. The predicted molar refractivity (Wildman–Crippen MR) is 83.8 cm³/mol. The van der Waals surface area contributed by atoms with Crippen molar-refractivity contribution in [3.63, 3.8) is 0 Å². The lowest BCUT2D eigenvalue weighted by molar-refractivity contribution is 0.611. The summed E-state index contributed by atoms with van der Waals surface area (Å²) in [5, 5.41) is 0. The van der Waals surface area contributed by atoms with Crippen molar-refractivity contribution in [2.45, 2.75) is 104 Å². The van der Waals surface area contributed by atoms with Crippen LogP contribution in [0.25, 0.3) is 0 Å². The predicted octanol–water partition coefficient (Wildman–Crippen LogP) is 6.49. The highest BCUT2D eigenvalue weighted by Crippen LogP contribution is 2.07. The van der Waals surface area contributed by atoms with E-state index in [1.165, 1.54) is 25.7 Å². The average molecular weight is 254 g/mol. The van der Waals surface area contributed by atoms with Crippen LogP contribution in [0.3, 0.4) is 0 Å². The molecular formula is C18H34. The molecule has 0 aromatic rings. The number of hydrogen-bond acceptors (Lipinski definition) is 0. The van der Waals surface area contributed by atoms with E-state index in [2.05, 4.69) is 25.7 Å². The number of hydrogen-bond donors (Lipinski definition) is 0. The Bertz CT molecular complexity index is 296. The Labute approximate surface area is 122 Å². The van der Waals surface area contributed by atoms with Crippen LogP contribution in [-0.2, 0) is 0 Å². The smallest absolute Gasteiger partial charge is 0.0402 e. The summed E-state index contributed by atoms with van der Waals surface area (Å²) in [7, 11) is 0. The van der Waals surface area contributed by atoms with Gasteiger partial charge in [-0.3, -0.25) is 0 Å². The highest BCUT2D eigenvalue weighted by atomic mass is 13.9. The number of rotatable bonds is 12. The molecule has 0 aromatic carbocycles. The van der Waals surface area contributed by atoms with Gasteiger partial charge in [0, 0.05) is 18.2 Å². The van der Waals surface area contributed by atoms with Crippen molar-refractivity contribution in [3.05, 3.63) is 0 Å². The molecule has 0 aliphatic heterocycles. The summed E-state index contributed by atoms with van der Waals surface area (Å²) in [4.78, 5) is 0. The lowest BCUT2D eigenvalue weighted by atomic mass is 10.1. The summed E-state index contributed by atoms with van der Waals surface area (Å²) in [6.45, 7) is 4.32. The summed E-state index contributed by atoms with van der Waals surface area (Å²) in [6, 6.07) is 0. The maximum atomic E-state index is 7.88. The van der Waals surface area contributed by atoms with Gasteiger partial charge in [0.05, 0.1) is 0 Å². The maximum Gasteiger partial charge on any atom is 0.0402 e. The Morgan fingerprint density at radius 3 is 1.28 bits per heavy atom. The Morgan fingerprint density at radius 1 is 0.556 bits per heavy atom. The van der Waals surface area contributed by atoms with Crippen LogP contribution in [-0.4, -0.2) is 0 Å². The summed E-state index contributed by atoms with van der Waals surface area (Å²) >= 11 is 0. The average Bonchev–Trinajstić information content (AvgIpc) is 2.45. The van der Waals surface area contributed by atoms with Crippen molar-refractivity contribution < 1.29 is 5.48 Å².